The summed E-state index contributed by atoms with van der Waals surface area (Å²) in [7, 11) is 0. The quantitative estimate of drug-likeness (QED) is 0.767. The lowest BCUT2D eigenvalue weighted by atomic mass is 10.1. The first kappa shape index (κ1) is 12.0. The van der Waals surface area contributed by atoms with Gasteiger partial charge in [-0.25, -0.2) is 4.39 Å². The van der Waals surface area contributed by atoms with E-state index in [-0.39, 0.29) is 18.3 Å². The van der Waals surface area contributed by atoms with E-state index in [1.807, 2.05) is 0 Å². The van der Waals surface area contributed by atoms with E-state index in [0.717, 1.165) is 0 Å². The highest BCUT2D eigenvalue weighted by atomic mass is 19.1. The average Bonchev–Trinajstić information content (AvgIpc) is 2.54. The van der Waals surface area contributed by atoms with Crippen LogP contribution in [0.2, 0.25) is 0 Å². The first-order valence-electron chi connectivity index (χ1n) is 5.62. The number of unbranched alkanes of at least 4 members (excludes halogenated alkanes) is 1. The second kappa shape index (κ2) is 4.81. The summed E-state index contributed by atoms with van der Waals surface area (Å²) in [5, 5.41) is 8.71. The number of fused-ring (bicyclic) bond motifs is 1. The Labute approximate surface area is 98.8 Å². The van der Waals surface area contributed by atoms with Crippen molar-refractivity contribution in [2.75, 3.05) is 18.1 Å². The molecule has 1 aromatic carbocycles. The van der Waals surface area contributed by atoms with Crippen LogP contribution in [0.5, 0.6) is 0 Å². The minimum Gasteiger partial charge on any atom is -0.396 e. The third-order valence-electron chi connectivity index (χ3n) is 2.94. The molecule has 0 fully saturated rings. The molecule has 2 rings (SSSR count). The molecule has 4 nitrogen and oxygen atoms in total. The van der Waals surface area contributed by atoms with Gasteiger partial charge in [-0.3, -0.25) is 4.79 Å². The molecule has 1 aliphatic rings. The first-order chi connectivity index (χ1) is 8.15. The van der Waals surface area contributed by atoms with Gasteiger partial charge in [0.1, 0.15) is 11.9 Å². The molecule has 3 N–H and O–H groups in total. The normalized spacial score (nSPS) is 18.6. The van der Waals surface area contributed by atoms with Gasteiger partial charge in [-0.15, -0.1) is 0 Å². The lowest BCUT2D eigenvalue weighted by Crippen LogP contribution is -2.32. The van der Waals surface area contributed by atoms with Crippen LogP contribution in [0.25, 0.3) is 0 Å². The van der Waals surface area contributed by atoms with Crippen LogP contribution in [0, 0.1) is 5.82 Å². The largest absolute Gasteiger partial charge is 0.396 e. The number of aliphatic hydroxyl groups excluding tert-OH is 1. The molecule has 17 heavy (non-hydrogen) atoms. The second-order valence-electron chi connectivity index (χ2n) is 4.10. The van der Waals surface area contributed by atoms with Crippen molar-refractivity contribution in [3.8, 4) is 0 Å². The Morgan fingerprint density at radius 3 is 2.88 bits per heavy atom. The number of amides is 1. The van der Waals surface area contributed by atoms with Crippen LogP contribution in [-0.4, -0.2) is 24.2 Å². The topological polar surface area (TPSA) is 66.6 Å². The number of carbonyl (C=O) groups excluding carboxylic acids is 1. The minimum atomic E-state index is -0.769. The zero-order valence-corrected chi connectivity index (χ0v) is 9.40. The molecule has 5 heteroatoms. The van der Waals surface area contributed by atoms with E-state index in [1.165, 1.54) is 12.1 Å². The maximum Gasteiger partial charge on any atom is 0.248 e. The van der Waals surface area contributed by atoms with Gasteiger partial charge in [0.25, 0.3) is 0 Å². The highest BCUT2D eigenvalue weighted by molar-refractivity contribution is 6.04. The molecule has 0 spiro atoms. The smallest absolute Gasteiger partial charge is 0.248 e. The summed E-state index contributed by atoms with van der Waals surface area (Å²) < 4.78 is 13.1. The summed E-state index contributed by atoms with van der Waals surface area (Å²) in [5.41, 5.74) is 6.97. The highest BCUT2D eigenvalue weighted by Crippen LogP contribution is 2.34. The summed E-state index contributed by atoms with van der Waals surface area (Å²) in [6.45, 7) is 0.607. The molecule has 0 saturated heterocycles. The summed E-state index contributed by atoms with van der Waals surface area (Å²) in [6, 6.07) is 3.44. The number of nitrogens with two attached hydrogens (primary N) is 1. The Morgan fingerprint density at radius 1 is 1.41 bits per heavy atom. The molecular weight excluding hydrogens is 223 g/mol. The fraction of sp³-hybridized carbons (Fsp3) is 0.417. The van der Waals surface area contributed by atoms with Crippen LogP contribution in [0.4, 0.5) is 10.1 Å². The summed E-state index contributed by atoms with van der Waals surface area (Å²) in [6.07, 6.45) is 1.33. The van der Waals surface area contributed by atoms with Crippen molar-refractivity contribution in [1.82, 2.24) is 0 Å². The molecule has 92 valence electrons. The van der Waals surface area contributed by atoms with Gasteiger partial charge < -0.3 is 15.7 Å². The van der Waals surface area contributed by atoms with Gasteiger partial charge in [-0.1, -0.05) is 0 Å². The number of hydrogen-bond donors (Lipinski definition) is 2. The predicted octanol–water partition coefficient (Wildman–Crippen LogP) is 0.945. The van der Waals surface area contributed by atoms with Crippen molar-refractivity contribution in [3.63, 3.8) is 0 Å². The fourth-order valence-corrected chi connectivity index (χ4v) is 2.05. The van der Waals surface area contributed by atoms with E-state index in [2.05, 4.69) is 0 Å². The molecule has 0 radical (unpaired) electrons. The van der Waals surface area contributed by atoms with Crippen LogP contribution in [-0.2, 0) is 4.79 Å². The lowest BCUT2D eigenvalue weighted by Gasteiger charge is -2.17. The second-order valence-corrected chi connectivity index (χ2v) is 4.10. The Hall–Kier alpha value is -1.46. The number of rotatable bonds is 4. The summed E-state index contributed by atoms with van der Waals surface area (Å²) >= 11 is 0. The number of halogens is 1. The van der Waals surface area contributed by atoms with Crippen molar-refractivity contribution >= 4 is 11.6 Å². The molecule has 0 saturated carbocycles. The van der Waals surface area contributed by atoms with Crippen molar-refractivity contribution in [2.45, 2.75) is 18.9 Å². The SMILES string of the molecule is NC1C(=O)N(CCCCO)c2ccc(F)cc21. The monoisotopic (exact) mass is 238 g/mol. The Bertz CT molecular complexity index is 437. The fourth-order valence-electron chi connectivity index (χ4n) is 2.05. The first-order valence-corrected chi connectivity index (χ1v) is 5.62. The zero-order valence-electron chi connectivity index (χ0n) is 9.40. The van der Waals surface area contributed by atoms with E-state index in [4.69, 9.17) is 10.8 Å². The lowest BCUT2D eigenvalue weighted by molar-refractivity contribution is -0.119. The van der Waals surface area contributed by atoms with Crippen molar-refractivity contribution < 1.29 is 14.3 Å². The van der Waals surface area contributed by atoms with Gasteiger partial charge >= 0.3 is 0 Å². The van der Waals surface area contributed by atoms with Crippen LogP contribution >= 0.6 is 0 Å². The number of benzene rings is 1. The number of hydrogen-bond acceptors (Lipinski definition) is 3. The van der Waals surface area contributed by atoms with Gasteiger partial charge in [-0.05, 0) is 31.0 Å². The average molecular weight is 238 g/mol. The van der Waals surface area contributed by atoms with Crippen LogP contribution in [0.3, 0.4) is 0 Å². The number of aliphatic hydroxyl groups is 1. The molecule has 1 aromatic rings. The molecule has 1 atom stereocenters. The number of nitrogens with zero attached hydrogens (tertiary/aromatic N) is 1. The standard InChI is InChI=1S/C12H15FN2O2/c13-8-3-4-10-9(7-8)11(14)12(17)15(10)5-1-2-6-16/h3-4,7,11,16H,1-2,5-6,14H2. The number of anilines is 1. The zero-order chi connectivity index (χ0) is 12.4. The molecule has 1 unspecified atom stereocenters. The molecule has 1 amide bonds. The molecule has 0 aliphatic carbocycles. The van der Waals surface area contributed by atoms with E-state index in [1.54, 1.807) is 11.0 Å². The molecular formula is C12H15FN2O2. The summed E-state index contributed by atoms with van der Waals surface area (Å²) in [4.78, 5) is 13.4. The maximum atomic E-state index is 13.1. The minimum absolute atomic E-state index is 0.102. The highest BCUT2D eigenvalue weighted by Gasteiger charge is 2.34. The van der Waals surface area contributed by atoms with Gasteiger partial charge in [0.05, 0.1) is 0 Å². The Morgan fingerprint density at radius 2 is 2.18 bits per heavy atom. The summed E-state index contributed by atoms with van der Waals surface area (Å²) in [5.74, 6) is -0.590. The maximum absolute atomic E-state index is 13.1. The van der Waals surface area contributed by atoms with Crippen molar-refractivity contribution in [1.29, 1.82) is 0 Å². The Balaban J connectivity index is 2.22. The van der Waals surface area contributed by atoms with Gasteiger partial charge in [0.2, 0.25) is 5.91 Å². The van der Waals surface area contributed by atoms with Gasteiger partial charge in [0, 0.05) is 24.4 Å². The van der Waals surface area contributed by atoms with E-state index in [9.17, 15) is 9.18 Å². The Kier molecular flexibility index (Phi) is 3.40. The van der Waals surface area contributed by atoms with Crippen molar-refractivity contribution in [3.05, 3.63) is 29.6 Å². The predicted molar refractivity (Wildman–Crippen MR) is 62.0 cm³/mol. The van der Waals surface area contributed by atoms with Crippen LogP contribution < -0.4 is 10.6 Å². The van der Waals surface area contributed by atoms with Gasteiger partial charge in [-0.2, -0.15) is 0 Å². The molecule has 0 aromatic heterocycles. The molecule has 0 bridgehead atoms. The van der Waals surface area contributed by atoms with Crippen molar-refractivity contribution in [2.24, 2.45) is 5.73 Å². The van der Waals surface area contributed by atoms with Crippen LogP contribution in [0.15, 0.2) is 18.2 Å². The third-order valence-corrected chi connectivity index (χ3v) is 2.94. The van der Waals surface area contributed by atoms with Crippen LogP contribution in [0.1, 0.15) is 24.4 Å². The van der Waals surface area contributed by atoms with E-state index >= 15 is 0 Å². The number of carbonyl (C=O) groups is 1. The van der Waals surface area contributed by atoms with Gasteiger partial charge in [0.15, 0.2) is 0 Å². The van der Waals surface area contributed by atoms with E-state index in [0.29, 0.717) is 30.6 Å². The van der Waals surface area contributed by atoms with E-state index < -0.39 is 6.04 Å². The molecule has 1 heterocycles. The third kappa shape index (κ3) is 2.16. The molecule has 1 aliphatic heterocycles.